The van der Waals surface area contributed by atoms with E-state index in [1.807, 2.05) is 44.2 Å². The Labute approximate surface area is 197 Å². The molecule has 34 heavy (non-hydrogen) atoms. The van der Waals surface area contributed by atoms with Crippen molar-refractivity contribution in [2.24, 2.45) is 0 Å². The Hall–Kier alpha value is -4.04. The summed E-state index contributed by atoms with van der Waals surface area (Å²) in [6.07, 6.45) is 0. The average Bonchev–Trinajstić information content (AvgIpc) is 3.26. The molecule has 0 radical (unpaired) electrons. The minimum absolute atomic E-state index is 0.0285. The number of benzene rings is 3. The van der Waals surface area contributed by atoms with Crippen LogP contribution in [0.4, 0.5) is 10.1 Å². The number of nitrogens with one attached hydrogen (secondary N) is 1. The van der Waals surface area contributed by atoms with Crippen molar-refractivity contribution in [3.8, 4) is 23.1 Å². The second-order valence-corrected chi connectivity index (χ2v) is 7.47. The number of ether oxygens (including phenoxy) is 2. The monoisotopic (exact) mass is 460 g/mol. The second-order valence-electron chi connectivity index (χ2n) is 7.47. The van der Waals surface area contributed by atoms with Gasteiger partial charge in [0.05, 0.1) is 17.9 Å². The molecule has 8 heteroatoms. The second kappa shape index (κ2) is 10.7. The predicted octanol–water partition coefficient (Wildman–Crippen LogP) is 5.05. The molecule has 174 valence electrons. The molecule has 3 aromatic carbocycles. The van der Waals surface area contributed by atoms with Crippen LogP contribution in [0.5, 0.6) is 6.01 Å². The van der Waals surface area contributed by atoms with Crippen molar-refractivity contribution in [3.63, 3.8) is 0 Å². The molecular weight excluding hydrogens is 435 g/mol. The topological polar surface area (TPSA) is 78.3 Å². The first-order chi connectivity index (χ1) is 16.6. The van der Waals surface area contributed by atoms with Crippen molar-refractivity contribution < 1.29 is 18.7 Å². The van der Waals surface area contributed by atoms with E-state index in [9.17, 15) is 9.18 Å². The molecule has 0 aliphatic rings. The Morgan fingerprint density at radius 1 is 1.03 bits per heavy atom. The first-order valence-corrected chi connectivity index (χ1v) is 11.0. The van der Waals surface area contributed by atoms with Crippen molar-refractivity contribution in [1.29, 1.82) is 0 Å². The lowest BCUT2D eigenvalue weighted by molar-refractivity contribution is 0.102. The molecule has 1 amide bonds. The molecule has 0 aliphatic carbocycles. The smallest absolute Gasteiger partial charge is 0.336 e. The van der Waals surface area contributed by atoms with Crippen LogP contribution in [0.3, 0.4) is 0 Å². The van der Waals surface area contributed by atoms with Gasteiger partial charge in [0, 0.05) is 17.9 Å². The van der Waals surface area contributed by atoms with Crippen LogP contribution in [0, 0.1) is 12.7 Å². The number of anilines is 1. The summed E-state index contributed by atoms with van der Waals surface area (Å²) in [5.41, 5.74) is 3.06. The van der Waals surface area contributed by atoms with Gasteiger partial charge in [-0.15, -0.1) is 5.10 Å². The molecule has 1 aromatic heterocycles. The maximum atomic E-state index is 14.0. The molecule has 0 saturated carbocycles. The van der Waals surface area contributed by atoms with E-state index in [1.54, 1.807) is 35.0 Å². The molecule has 4 rings (SSSR count). The molecule has 0 atom stereocenters. The number of halogens is 1. The van der Waals surface area contributed by atoms with Crippen LogP contribution in [-0.2, 0) is 4.74 Å². The molecule has 0 spiro atoms. The third-order valence-corrected chi connectivity index (χ3v) is 5.10. The van der Waals surface area contributed by atoms with E-state index >= 15 is 0 Å². The number of carbonyl (C=O) groups is 1. The van der Waals surface area contributed by atoms with Gasteiger partial charge in [0.1, 0.15) is 12.4 Å². The van der Waals surface area contributed by atoms with Crippen molar-refractivity contribution in [2.75, 3.05) is 25.1 Å². The molecule has 1 heterocycles. The molecule has 0 unspecified atom stereocenters. The van der Waals surface area contributed by atoms with Crippen LogP contribution < -0.4 is 10.1 Å². The highest BCUT2D eigenvalue weighted by Crippen LogP contribution is 2.27. The maximum absolute atomic E-state index is 14.0. The molecule has 4 aromatic rings. The zero-order valence-electron chi connectivity index (χ0n) is 19.0. The number of aromatic nitrogens is 3. The molecule has 0 fully saturated rings. The summed E-state index contributed by atoms with van der Waals surface area (Å²) in [6, 6.07) is 21.0. The van der Waals surface area contributed by atoms with Crippen LogP contribution in [0.2, 0.25) is 0 Å². The zero-order chi connectivity index (χ0) is 23.9. The first-order valence-electron chi connectivity index (χ1n) is 11.0. The van der Waals surface area contributed by atoms with E-state index < -0.39 is 11.7 Å². The molecule has 0 saturated heterocycles. The summed E-state index contributed by atoms with van der Waals surface area (Å²) in [5.74, 6) is -0.516. The lowest BCUT2D eigenvalue weighted by Crippen LogP contribution is -2.14. The van der Waals surface area contributed by atoms with E-state index in [4.69, 9.17) is 9.47 Å². The lowest BCUT2D eigenvalue weighted by atomic mass is 10.1. The molecular formula is C26H25FN4O3. The van der Waals surface area contributed by atoms with E-state index in [1.165, 1.54) is 12.1 Å². The Morgan fingerprint density at radius 3 is 2.62 bits per heavy atom. The Balaban J connectivity index is 1.66. The van der Waals surface area contributed by atoms with Crippen LogP contribution in [0.25, 0.3) is 17.1 Å². The Kier molecular flexibility index (Phi) is 7.29. The maximum Gasteiger partial charge on any atom is 0.336 e. The fourth-order valence-electron chi connectivity index (χ4n) is 3.43. The van der Waals surface area contributed by atoms with Gasteiger partial charge in [-0.05, 0) is 49.7 Å². The summed E-state index contributed by atoms with van der Waals surface area (Å²) in [6.45, 7) is 5.27. The quantitative estimate of drug-likeness (QED) is 0.354. The van der Waals surface area contributed by atoms with Crippen molar-refractivity contribution in [2.45, 2.75) is 13.8 Å². The van der Waals surface area contributed by atoms with Gasteiger partial charge in [-0.3, -0.25) is 4.79 Å². The van der Waals surface area contributed by atoms with E-state index in [0.29, 0.717) is 37.0 Å². The number of amides is 1. The van der Waals surface area contributed by atoms with Crippen molar-refractivity contribution >= 4 is 11.6 Å². The summed E-state index contributed by atoms with van der Waals surface area (Å²) in [7, 11) is 0. The summed E-state index contributed by atoms with van der Waals surface area (Å²) in [5, 5.41) is 7.29. The zero-order valence-corrected chi connectivity index (χ0v) is 19.0. The summed E-state index contributed by atoms with van der Waals surface area (Å²) < 4.78 is 26.7. The Bertz CT molecular complexity index is 1290. The number of hydrogen-bond donors (Lipinski definition) is 1. The summed E-state index contributed by atoms with van der Waals surface area (Å²) in [4.78, 5) is 17.2. The summed E-state index contributed by atoms with van der Waals surface area (Å²) >= 11 is 0. The fourth-order valence-corrected chi connectivity index (χ4v) is 3.43. The standard InChI is InChI=1S/C26H25FN4O3/c1-3-33-15-16-34-26-29-24(21-12-5-4-9-18(21)2)31(30-26)20-11-8-10-19(17-20)28-25(32)22-13-6-7-14-23(22)27/h4-14,17H,3,15-16H2,1-2H3,(H,28,32). The highest BCUT2D eigenvalue weighted by molar-refractivity contribution is 6.04. The normalized spacial score (nSPS) is 10.8. The number of rotatable bonds is 9. The van der Waals surface area contributed by atoms with Crippen LogP contribution in [0.1, 0.15) is 22.8 Å². The fraction of sp³-hybridized carbons (Fsp3) is 0.192. The van der Waals surface area contributed by atoms with Crippen LogP contribution in [0.15, 0.2) is 72.8 Å². The average molecular weight is 461 g/mol. The van der Waals surface area contributed by atoms with Gasteiger partial charge in [0.2, 0.25) is 0 Å². The first kappa shape index (κ1) is 23.1. The molecule has 0 aliphatic heterocycles. The predicted molar refractivity (Wildman–Crippen MR) is 128 cm³/mol. The van der Waals surface area contributed by atoms with Gasteiger partial charge in [-0.1, -0.05) is 42.5 Å². The van der Waals surface area contributed by atoms with Crippen LogP contribution in [-0.4, -0.2) is 40.5 Å². The Morgan fingerprint density at radius 2 is 1.82 bits per heavy atom. The highest BCUT2D eigenvalue weighted by atomic mass is 19.1. The van der Waals surface area contributed by atoms with E-state index in [0.717, 1.165) is 11.1 Å². The van der Waals surface area contributed by atoms with Gasteiger partial charge in [-0.2, -0.15) is 4.98 Å². The number of nitrogens with zero attached hydrogens (tertiary/aromatic N) is 3. The van der Waals surface area contributed by atoms with Gasteiger partial charge >= 0.3 is 6.01 Å². The van der Waals surface area contributed by atoms with E-state index in [-0.39, 0.29) is 11.6 Å². The third-order valence-electron chi connectivity index (χ3n) is 5.10. The third kappa shape index (κ3) is 5.29. The number of carbonyl (C=O) groups excluding carboxylic acids is 1. The molecule has 0 bridgehead atoms. The minimum atomic E-state index is -0.580. The lowest BCUT2D eigenvalue weighted by Gasteiger charge is -2.10. The number of aryl methyl sites for hydroxylation is 1. The van der Waals surface area contributed by atoms with Crippen molar-refractivity contribution in [3.05, 3.63) is 89.7 Å². The minimum Gasteiger partial charge on any atom is -0.460 e. The van der Waals surface area contributed by atoms with Crippen molar-refractivity contribution in [1.82, 2.24) is 14.8 Å². The SMILES string of the molecule is CCOCCOc1nc(-c2ccccc2C)n(-c2cccc(NC(=O)c3ccccc3F)c2)n1. The largest absolute Gasteiger partial charge is 0.460 e. The number of hydrogen-bond acceptors (Lipinski definition) is 5. The van der Waals surface area contributed by atoms with Gasteiger partial charge in [-0.25, -0.2) is 9.07 Å². The molecule has 1 N–H and O–H groups in total. The van der Waals surface area contributed by atoms with Gasteiger partial charge in [0.25, 0.3) is 5.91 Å². The van der Waals surface area contributed by atoms with Crippen LogP contribution >= 0.6 is 0 Å². The van der Waals surface area contributed by atoms with E-state index in [2.05, 4.69) is 15.4 Å². The van der Waals surface area contributed by atoms with Gasteiger partial charge < -0.3 is 14.8 Å². The van der Waals surface area contributed by atoms with Gasteiger partial charge in [0.15, 0.2) is 5.82 Å². The molecule has 7 nitrogen and oxygen atoms in total. The highest BCUT2D eigenvalue weighted by Gasteiger charge is 2.17.